The minimum Gasteiger partial charge on any atom is -0.465 e. The van der Waals surface area contributed by atoms with Crippen LogP contribution in [0.2, 0.25) is 5.02 Å². The van der Waals surface area contributed by atoms with E-state index in [0.29, 0.717) is 17.1 Å². The van der Waals surface area contributed by atoms with Crippen LogP contribution >= 0.6 is 11.6 Å². The first-order valence-corrected chi connectivity index (χ1v) is 10.4. The molecule has 1 aliphatic heterocycles. The molecule has 3 rings (SSSR count). The number of carbonyl (C=O) groups excluding carboxylic acids is 1. The fourth-order valence-electron chi connectivity index (χ4n) is 3.00. The number of nitrogens with one attached hydrogen (secondary N) is 1. The van der Waals surface area contributed by atoms with E-state index in [1.54, 1.807) is 13.0 Å². The Hall–Kier alpha value is -2.39. The fourth-order valence-corrected chi connectivity index (χ4v) is 4.86. The van der Waals surface area contributed by atoms with E-state index in [2.05, 4.69) is 10.1 Å². The second-order valence-electron chi connectivity index (χ2n) is 6.29. The Bertz CT molecular complexity index is 1080. The molecule has 1 atom stereocenters. The van der Waals surface area contributed by atoms with Crippen LogP contribution in [0.15, 0.2) is 28.0 Å². The lowest BCUT2D eigenvalue weighted by Gasteiger charge is -2.07. The maximum absolute atomic E-state index is 12.7. The van der Waals surface area contributed by atoms with Gasteiger partial charge in [-0.1, -0.05) is 11.6 Å². The van der Waals surface area contributed by atoms with Crippen molar-refractivity contribution in [2.45, 2.75) is 19.4 Å². The van der Waals surface area contributed by atoms with Gasteiger partial charge in [0.2, 0.25) is 0 Å². The molecule has 1 aliphatic rings. The number of benzene rings is 1. The summed E-state index contributed by atoms with van der Waals surface area (Å²) in [6.45, 7) is 1.70. The van der Waals surface area contributed by atoms with Crippen LogP contribution in [-0.4, -0.2) is 49.0 Å². The molecule has 1 aromatic heterocycles. The van der Waals surface area contributed by atoms with Crippen molar-refractivity contribution in [1.82, 2.24) is 9.78 Å². The molecule has 2 heterocycles. The fraction of sp³-hybridized carbons (Fsp3) is 0.353. The summed E-state index contributed by atoms with van der Waals surface area (Å²) >= 11 is 5.97. The average molecular weight is 412 g/mol. The molecule has 1 aromatic carbocycles. The number of aromatic nitrogens is 2. The number of esters is 1. The summed E-state index contributed by atoms with van der Waals surface area (Å²) in [4.78, 5) is 28.8. The number of sulfone groups is 1. The molecular weight excluding hydrogens is 394 g/mol. The molecule has 0 bridgehead atoms. The Morgan fingerprint density at radius 1 is 1.44 bits per heavy atom. The van der Waals surface area contributed by atoms with E-state index in [-0.39, 0.29) is 33.9 Å². The molecule has 1 N–H and O–H groups in total. The number of methoxy groups -OCH3 is 1. The molecule has 0 spiro atoms. The highest BCUT2D eigenvalue weighted by Gasteiger charge is 2.31. The van der Waals surface area contributed by atoms with E-state index >= 15 is 0 Å². The number of rotatable bonds is 4. The van der Waals surface area contributed by atoms with Crippen LogP contribution < -0.4 is 5.56 Å². The Morgan fingerprint density at radius 2 is 2.19 bits per heavy atom. The van der Waals surface area contributed by atoms with E-state index in [4.69, 9.17) is 16.3 Å². The van der Waals surface area contributed by atoms with Gasteiger partial charge < -0.3 is 4.74 Å². The number of aromatic amines is 1. The Balaban J connectivity index is 1.97. The largest absolute Gasteiger partial charge is 0.465 e. The third-order valence-electron chi connectivity index (χ3n) is 4.41. The van der Waals surface area contributed by atoms with Crippen LogP contribution in [0.25, 0.3) is 0 Å². The zero-order valence-electron chi connectivity index (χ0n) is 14.7. The highest BCUT2D eigenvalue weighted by molar-refractivity contribution is 7.91. The van der Waals surface area contributed by atoms with E-state index in [1.165, 1.54) is 30.1 Å². The Morgan fingerprint density at radius 3 is 2.81 bits per heavy atom. The van der Waals surface area contributed by atoms with Crippen LogP contribution in [0.1, 0.15) is 34.1 Å². The SMILES string of the molecule is COC(=O)c1ccc(Cl)cc1N=Cc1c(C)[nH]n([C@H]2CCS(=O)(=O)C2)c1=O. The number of aryl methyl sites for hydroxylation is 1. The van der Waals surface area contributed by atoms with Gasteiger partial charge in [0.25, 0.3) is 5.56 Å². The third-order valence-corrected chi connectivity index (χ3v) is 6.40. The first-order chi connectivity index (χ1) is 12.7. The zero-order chi connectivity index (χ0) is 19.8. The molecular formula is C17H18ClN3O5S. The molecule has 1 fully saturated rings. The lowest BCUT2D eigenvalue weighted by atomic mass is 10.2. The molecule has 2 aromatic rings. The quantitative estimate of drug-likeness (QED) is 0.611. The lowest BCUT2D eigenvalue weighted by Crippen LogP contribution is -2.25. The van der Waals surface area contributed by atoms with Gasteiger partial charge in [-0.3, -0.25) is 14.9 Å². The van der Waals surface area contributed by atoms with Crippen LogP contribution in [0.4, 0.5) is 5.69 Å². The molecule has 0 unspecified atom stereocenters. The number of nitrogens with zero attached hydrogens (tertiary/aromatic N) is 2. The normalized spacial score (nSPS) is 18.9. The van der Waals surface area contributed by atoms with Gasteiger partial charge >= 0.3 is 5.97 Å². The van der Waals surface area contributed by atoms with Gasteiger partial charge in [-0.05, 0) is 31.5 Å². The maximum atomic E-state index is 12.7. The summed E-state index contributed by atoms with van der Waals surface area (Å²) < 4.78 is 29.4. The van der Waals surface area contributed by atoms with Crippen molar-refractivity contribution in [3.63, 3.8) is 0 Å². The molecule has 0 amide bonds. The van der Waals surface area contributed by atoms with Gasteiger partial charge in [0.1, 0.15) is 0 Å². The number of H-pyrrole nitrogens is 1. The Labute approximate surface area is 160 Å². The average Bonchev–Trinajstić information content (AvgIpc) is 3.11. The first-order valence-electron chi connectivity index (χ1n) is 8.15. The van der Waals surface area contributed by atoms with Crippen molar-refractivity contribution in [3.05, 3.63) is 50.4 Å². The van der Waals surface area contributed by atoms with Gasteiger partial charge in [0.05, 0.1) is 41.5 Å². The predicted octanol–water partition coefficient (Wildman–Crippen LogP) is 2.04. The van der Waals surface area contributed by atoms with Crippen LogP contribution in [0.5, 0.6) is 0 Å². The standard InChI is InChI=1S/C17H18ClN3O5S/c1-10-14(16(22)21(20-10)12-5-6-27(24,25)9-12)8-19-15-7-11(18)3-4-13(15)17(23)26-2/h3-4,7-8,12,20H,5-6,9H2,1-2H3/t12-/m0/s1. The minimum absolute atomic E-state index is 0.0653. The number of aliphatic imine (C=N–C) groups is 1. The molecule has 8 nitrogen and oxygen atoms in total. The highest BCUT2D eigenvalue weighted by atomic mass is 35.5. The number of hydrogen-bond acceptors (Lipinski definition) is 6. The summed E-state index contributed by atoms with van der Waals surface area (Å²) in [5.41, 5.74) is 0.961. The number of ether oxygens (including phenoxy) is 1. The molecule has 0 saturated carbocycles. The topological polar surface area (TPSA) is 111 Å². The van der Waals surface area contributed by atoms with Gasteiger partial charge in [-0.2, -0.15) is 0 Å². The van der Waals surface area contributed by atoms with Crippen molar-refractivity contribution >= 4 is 39.3 Å². The van der Waals surface area contributed by atoms with E-state index < -0.39 is 21.8 Å². The van der Waals surface area contributed by atoms with Crippen molar-refractivity contribution < 1.29 is 17.9 Å². The van der Waals surface area contributed by atoms with E-state index in [0.717, 1.165) is 0 Å². The zero-order valence-corrected chi connectivity index (χ0v) is 16.3. The van der Waals surface area contributed by atoms with Crippen molar-refractivity contribution in [2.75, 3.05) is 18.6 Å². The van der Waals surface area contributed by atoms with E-state index in [9.17, 15) is 18.0 Å². The van der Waals surface area contributed by atoms with Gasteiger partial charge in [0, 0.05) is 16.9 Å². The third kappa shape index (κ3) is 3.98. The molecule has 1 saturated heterocycles. The smallest absolute Gasteiger partial charge is 0.340 e. The van der Waals surface area contributed by atoms with Crippen LogP contribution in [-0.2, 0) is 14.6 Å². The highest BCUT2D eigenvalue weighted by Crippen LogP contribution is 2.25. The number of hydrogen-bond donors (Lipinski definition) is 1. The first kappa shape index (κ1) is 19.4. The molecule has 144 valence electrons. The molecule has 27 heavy (non-hydrogen) atoms. The molecule has 0 radical (unpaired) electrons. The summed E-state index contributed by atoms with van der Waals surface area (Å²) in [5.74, 6) is -0.570. The van der Waals surface area contributed by atoms with Gasteiger partial charge in [-0.25, -0.2) is 17.9 Å². The van der Waals surface area contributed by atoms with Crippen molar-refractivity contribution in [1.29, 1.82) is 0 Å². The van der Waals surface area contributed by atoms with E-state index in [1.807, 2.05) is 0 Å². The minimum atomic E-state index is -3.12. The van der Waals surface area contributed by atoms with Crippen LogP contribution in [0.3, 0.4) is 0 Å². The van der Waals surface area contributed by atoms with Gasteiger partial charge in [-0.15, -0.1) is 0 Å². The Kier molecular flexibility index (Phi) is 5.25. The summed E-state index contributed by atoms with van der Waals surface area (Å²) in [5, 5.41) is 3.30. The number of carbonyl (C=O) groups is 1. The monoisotopic (exact) mass is 411 g/mol. The summed E-state index contributed by atoms with van der Waals surface area (Å²) in [7, 11) is -1.86. The van der Waals surface area contributed by atoms with Crippen molar-refractivity contribution in [2.24, 2.45) is 4.99 Å². The summed E-state index contributed by atoms with van der Waals surface area (Å²) in [6.07, 6.45) is 1.73. The second-order valence-corrected chi connectivity index (χ2v) is 8.96. The second kappa shape index (κ2) is 7.32. The predicted molar refractivity (Wildman–Crippen MR) is 102 cm³/mol. The summed E-state index contributed by atoms with van der Waals surface area (Å²) in [6, 6.07) is 4.11. The maximum Gasteiger partial charge on any atom is 0.340 e. The lowest BCUT2D eigenvalue weighted by molar-refractivity contribution is 0.0601. The number of halogens is 1. The van der Waals surface area contributed by atoms with Crippen LogP contribution in [0, 0.1) is 6.92 Å². The van der Waals surface area contributed by atoms with Gasteiger partial charge in [0.15, 0.2) is 9.84 Å². The molecule has 10 heteroatoms. The molecule has 0 aliphatic carbocycles. The van der Waals surface area contributed by atoms with Crippen molar-refractivity contribution in [3.8, 4) is 0 Å².